The van der Waals surface area contributed by atoms with Gasteiger partial charge < -0.3 is 9.30 Å². The largest absolute Gasteiger partial charge is 0.495 e. The SMILES string of the molecule is CCC1=NN2C(=N)/C(=C\c3cccn3-c3cc(C)ccc3OC)C(=O)N=C2S1. The number of hydrazone groups is 1. The van der Waals surface area contributed by atoms with Crippen LogP contribution in [0.4, 0.5) is 0 Å². The molecule has 28 heavy (non-hydrogen) atoms. The summed E-state index contributed by atoms with van der Waals surface area (Å²) in [6.07, 6.45) is 4.31. The predicted octanol–water partition coefficient (Wildman–Crippen LogP) is 3.82. The number of fused-ring (bicyclic) bond motifs is 1. The lowest BCUT2D eigenvalue weighted by Crippen LogP contribution is -2.35. The molecule has 1 aromatic carbocycles. The number of aliphatic imine (C=N–C) groups is 1. The number of aromatic nitrogens is 1. The lowest BCUT2D eigenvalue weighted by molar-refractivity contribution is -0.114. The number of amidine groups is 2. The minimum atomic E-state index is -0.430. The van der Waals surface area contributed by atoms with E-state index in [4.69, 9.17) is 10.1 Å². The second kappa shape index (κ2) is 7.12. The van der Waals surface area contributed by atoms with Crippen LogP contribution in [-0.2, 0) is 4.79 Å². The molecule has 1 amide bonds. The maximum absolute atomic E-state index is 12.6. The molecular formula is C20H19N5O2S. The summed E-state index contributed by atoms with van der Waals surface area (Å²) in [5.74, 6) is 0.329. The van der Waals surface area contributed by atoms with Gasteiger partial charge in [0.05, 0.1) is 18.4 Å². The number of benzene rings is 1. The number of carbonyl (C=O) groups is 1. The molecule has 0 unspecified atom stereocenters. The second-order valence-corrected chi connectivity index (χ2v) is 7.39. The van der Waals surface area contributed by atoms with Crippen molar-refractivity contribution in [1.29, 1.82) is 5.41 Å². The number of rotatable bonds is 4. The van der Waals surface area contributed by atoms with E-state index in [-0.39, 0.29) is 11.4 Å². The van der Waals surface area contributed by atoms with E-state index in [0.29, 0.717) is 5.17 Å². The van der Waals surface area contributed by atoms with Crippen molar-refractivity contribution in [3.05, 3.63) is 53.4 Å². The zero-order valence-electron chi connectivity index (χ0n) is 15.8. The highest BCUT2D eigenvalue weighted by molar-refractivity contribution is 8.26. The van der Waals surface area contributed by atoms with Gasteiger partial charge >= 0.3 is 0 Å². The van der Waals surface area contributed by atoms with Crippen LogP contribution in [-0.4, -0.2) is 38.6 Å². The van der Waals surface area contributed by atoms with E-state index in [2.05, 4.69) is 10.1 Å². The number of amides is 1. The molecule has 2 aliphatic heterocycles. The zero-order valence-corrected chi connectivity index (χ0v) is 16.6. The molecule has 0 saturated carbocycles. The highest BCUT2D eigenvalue weighted by Gasteiger charge is 2.35. The molecule has 7 nitrogen and oxygen atoms in total. The molecule has 0 saturated heterocycles. The molecule has 142 valence electrons. The van der Waals surface area contributed by atoms with Crippen molar-refractivity contribution in [3.8, 4) is 11.4 Å². The van der Waals surface area contributed by atoms with Crippen molar-refractivity contribution >= 4 is 39.8 Å². The maximum atomic E-state index is 12.6. The number of ether oxygens (including phenoxy) is 1. The van der Waals surface area contributed by atoms with Gasteiger partial charge in [0.1, 0.15) is 10.8 Å². The monoisotopic (exact) mass is 393 g/mol. The summed E-state index contributed by atoms with van der Waals surface area (Å²) in [4.78, 5) is 16.7. The number of nitrogens with one attached hydrogen (secondary N) is 1. The van der Waals surface area contributed by atoms with Crippen LogP contribution in [0.15, 0.2) is 52.2 Å². The van der Waals surface area contributed by atoms with Crippen molar-refractivity contribution in [2.75, 3.05) is 7.11 Å². The molecule has 4 rings (SSSR count). The first-order valence-corrected chi connectivity index (χ1v) is 9.65. The average Bonchev–Trinajstić information content (AvgIpc) is 3.31. The summed E-state index contributed by atoms with van der Waals surface area (Å²) in [6.45, 7) is 3.99. The Kier molecular flexibility index (Phi) is 4.64. The van der Waals surface area contributed by atoms with Gasteiger partial charge in [-0.1, -0.05) is 13.0 Å². The Labute approximate surface area is 166 Å². The molecule has 0 spiro atoms. The van der Waals surface area contributed by atoms with Crippen molar-refractivity contribution < 1.29 is 9.53 Å². The Morgan fingerprint density at radius 2 is 2.14 bits per heavy atom. The Hall–Kier alpha value is -3.13. The second-order valence-electron chi connectivity index (χ2n) is 6.35. The molecule has 0 fully saturated rings. The van der Waals surface area contributed by atoms with E-state index in [1.165, 1.54) is 16.8 Å². The highest BCUT2D eigenvalue weighted by Crippen LogP contribution is 2.30. The van der Waals surface area contributed by atoms with Gasteiger partial charge in [0.25, 0.3) is 5.91 Å². The van der Waals surface area contributed by atoms with Crippen LogP contribution in [0.5, 0.6) is 5.75 Å². The van der Waals surface area contributed by atoms with Crippen LogP contribution in [0.3, 0.4) is 0 Å². The predicted molar refractivity (Wildman–Crippen MR) is 112 cm³/mol. The quantitative estimate of drug-likeness (QED) is 0.801. The number of hydrogen-bond acceptors (Lipinski definition) is 5. The molecular weight excluding hydrogens is 374 g/mol. The average molecular weight is 393 g/mol. The number of carbonyl (C=O) groups excluding carboxylic acids is 1. The molecule has 3 heterocycles. The van der Waals surface area contributed by atoms with Crippen molar-refractivity contribution in [2.24, 2.45) is 10.1 Å². The molecule has 8 heteroatoms. The van der Waals surface area contributed by atoms with Crippen LogP contribution >= 0.6 is 11.8 Å². The fourth-order valence-corrected chi connectivity index (χ4v) is 3.87. The summed E-state index contributed by atoms with van der Waals surface area (Å²) >= 11 is 1.33. The van der Waals surface area contributed by atoms with E-state index in [1.54, 1.807) is 13.2 Å². The van der Waals surface area contributed by atoms with E-state index >= 15 is 0 Å². The smallest absolute Gasteiger partial charge is 0.283 e. The Bertz CT molecular complexity index is 1080. The van der Waals surface area contributed by atoms with Gasteiger partial charge in [-0.2, -0.15) is 15.1 Å². The Morgan fingerprint density at radius 1 is 1.32 bits per heavy atom. The molecule has 1 aromatic heterocycles. The minimum Gasteiger partial charge on any atom is -0.495 e. The summed E-state index contributed by atoms with van der Waals surface area (Å²) < 4.78 is 7.42. The normalized spacial score (nSPS) is 17.7. The Morgan fingerprint density at radius 3 is 2.89 bits per heavy atom. The van der Waals surface area contributed by atoms with Crippen LogP contribution in [0.1, 0.15) is 24.6 Å². The number of hydrogen-bond donors (Lipinski definition) is 1. The van der Waals surface area contributed by atoms with Crippen molar-refractivity contribution in [2.45, 2.75) is 20.3 Å². The summed E-state index contributed by atoms with van der Waals surface area (Å²) in [5, 5.41) is 15.6. The number of aryl methyl sites for hydroxylation is 1. The van der Waals surface area contributed by atoms with Gasteiger partial charge in [-0.15, -0.1) is 0 Å². The lowest BCUT2D eigenvalue weighted by atomic mass is 10.1. The third kappa shape index (κ3) is 3.05. The van der Waals surface area contributed by atoms with Crippen LogP contribution in [0, 0.1) is 12.3 Å². The fraction of sp³-hybridized carbons (Fsp3) is 0.200. The van der Waals surface area contributed by atoms with Crippen molar-refractivity contribution in [3.63, 3.8) is 0 Å². The molecule has 2 aliphatic rings. The number of nitrogens with zero attached hydrogens (tertiary/aromatic N) is 4. The molecule has 0 aliphatic carbocycles. The fourth-order valence-electron chi connectivity index (χ4n) is 3.04. The topological polar surface area (TPSA) is 83.0 Å². The number of methoxy groups -OCH3 is 1. The van der Waals surface area contributed by atoms with Crippen LogP contribution in [0.25, 0.3) is 11.8 Å². The van der Waals surface area contributed by atoms with Crippen LogP contribution in [0.2, 0.25) is 0 Å². The van der Waals surface area contributed by atoms with Gasteiger partial charge in [-0.3, -0.25) is 10.2 Å². The van der Waals surface area contributed by atoms with E-state index in [9.17, 15) is 4.79 Å². The van der Waals surface area contributed by atoms with Gasteiger partial charge in [0.15, 0.2) is 5.84 Å². The maximum Gasteiger partial charge on any atom is 0.283 e. The molecule has 0 bridgehead atoms. The molecule has 0 atom stereocenters. The summed E-state index contributed by atoms with van der Waals surface area (Å²) in [6, 6.07) is 9.68. The minimum absolute atomic E-state index is 0.0370. The first-order chi connectivity index (χ1) is 13.5. The van der Waals surface area contributed by atoms with E-state index < -0.39 is 5.91 Å². The van der Waals surface area contributed by atoms with Crippen LogP contribution < -0.4 is 4.74 Å². The van der Waals surface area contributed by atoms with Gasteiger partial charge in [0.2, 0.25) is 5.17 Å². The first-order valence-electron chi connectivity index (χ1n) is 8.83. The van der Waals surface area contributed by atoms with E-state index in [0.717, 1.165) is 34.2 Å². The summed E-state index contributed by atoms with van der Waals surface area (Å²) in [7, 11) is 1.63. The van der Waals surface area contributed by atoms with E-state index in [1.807, 2.05) is 54.9 Å². The first kappa shape index (κ1) is 18.2. The third-order valence-corrected chi connectivity index (χ3v) is 5.52. The summed E-state index contributed by atoms with van der Waals surface area (Å²) in [5.41, 5.74) is 2.91. The molecule has 1 N–H and O–H groups in total. The molecule has 0 radical (unpaired) electrons. The third-order valence-electron chi connectivity index (χ3n) is 4.47. The van der Waals surface area contributed by atoms with Gasteiger partial charge in [-0.05, 0) is 61.0 Å². The van der Waals surface area contributed by atoms with Gasteiger partial charge in [-0.25, -0.2) is 0 Å². The highest BCUT2D eigenvalue weighted by atomic mass is 32.2. The zero-order chi connectivity index (χ0) is 19.8. The number of thioether (sulfide) groups is 1. The standard InChI is InChI=1S/C20H19N5O2S/c1-4-17-23-25-18(21)14(19(26)22-20(25)28-17)11-13-6-5-9-24(13)15-10-12(2)7-8-16(15)27-3/h5-11,21H,4H2,1-3H3/b14-11+,21-18?. The molecule has 2 aromatic rings. The lowest BCUT2D eigenvalue weighted by Gasteiger charge is -2.20. The van der Waals surface area contributed by atoms with Crippen molar-refractivity contribution in [1.82, 2.24) is 9.58 Å². The Balaban J connectivity index is 1.77. The van der Waals surface area contributed by atoms with Gasteiger partial charge in [0, 0.05) is 11.9 Å².